The number of carboxylic acid groups (broad SMARTS) is 1. The number of ether oxygens (including phenoxy) is 2. The molecule has 0 saturated carbocycles. The molecule has 0 spiro atoms. The standard InChI is InChI=1S/C19H27NO5/c1-6-9-24-11-16(19(22)23)20-18(21)14(5)25-17-10-15(12(2)3)8-7-13(17)4/h6-8,10,12,14,16H,1,9,11H2,2-5H3,(H,20,21)(H,22,23). The van der Waals surface area contributed by atoms with Gasteiger partial charge in [-0.1, -0.05) is 32.1 Å². The van der Waals surface area contributed by atoms with E-state index >= 15 is 0 Å². The Balaban J connectivity index is 2.73. The number of carboxylic acids is 1. The lowest BCUT2D eigenvalue weighted by atomic mass is 10.0. The Kier molecular flexibility index (Phi) is 8.15. The van der Waals surface area contributed by atoms with E-state index in [1.165, 1.54) is 6.08 Å². The molecular formula is C19H27NO5. The largest absolute Gasteiger partial charge is 0.481 e. The van der Waals surface area contributed by atoms with Gasteiger partial charge in [-0.25, -0.2) is 4.79 Å². The van der Waals surface area contributed by atoms with Crippen molar-refractivity contribution >= 4 is 11.9 Å². The van der Waals surface area contributed by atoms with E-state index in [2.05, 4.69) is 25.7 Å². The first kappa shape index (κ1) is 20.7. The van der Waals surface area contributed by atoms with Crippen LogP contribution in [0.4, 0.5) is 0 Å². The quantitative estimate of drug-likeness (QED) is 0.501. The SMILES string of the molecule is C=CCOCC(NC(=O)C(C)Oc1cc(C(C)C)ccc1C)C(=O)O. The van der Waals surface area contributed by atoms with E-state index in [1.54, 1.807) is 6.92 Å². The normalized spacial score (nSPS) is 13.2. The zero-order valence-electron chi connectivity index (χ0n) is 15.2. The Morgan fingerprint density at radius 3 is 2.56 bits per heavy atom. The summed E-state index contributed by atoms with van der Waals surface area (Å²) in [6.45, 7) is 11.2. The second-order valence-electron chi connectivity index (χ2n) is 6.17. The summed E-state index contributed by atoms with van der Waals surface area (Å²) in [5, 5.41) is 11.6. The average molecular weight is 349 g/mol. The van der Waals surface area contributed by atoms with Crippen molar-refractivity contribution in [3.05, 3.63) is 42.0 Å². The second-order valence-corrected chi connectivity index (χ2v) is 6.17. The fourth-order valence-electron chi connectivity index (χ4n) is 2.08. The number of carbonyl (C=O) groups is 2. The summed E-state index contributed by atoms with van der Waals surface area (Å²) in [5.41, 5.74) is 2.02. The molecule has 2 N–H and O–H groups in total. The number of rotatable bonds is 10. The van der Waals surface area contributed by atoms with Gasteiger partial charge >= 0.3 is 5.97 Å². The first-order valence-corrected chi connectivity index (χ1v) is 8.25. The number of benzene rings is 1. The molecule has 6 heteroatoms. The zero-order chi connectivity index (χ0) is 19.0. The summed E-state index contributed by atoms with van der Waals surface area (Å²) in [5.74, 6) is -0.722. The molecule has 1 rings (SSSR count). The minimum Gasteiger partial charge on any atom is -0.481 e. The monoisotopic (exact) mass is 349 g/mol. The van der Waals surface area contributed by atoms with Crippen LogP contribution in [-0.2, 0) is 14.3 Å². The lowest BCUT2D eigenvalue weighted by Crippen LogP contribution is -2.48. The van der Waals surface area contributed by atoms with E-state index in [1.807, 2.05) is 25.1 Å². The lowest BCUT2D eigenvalue weighted by Gasteiger charge is -2.20. The number of nitrogens with one attached hydrogen (secondary N) is 1. The van der Waals surface area contributed by atoms with Crippen molar-refractivity contribution in [1.29, 1.82) is 0 Å². The lowest BCUT2D eigenvalue weighted by molar-refractivity contribution is -0.144. The first-order valence-electron chi connectivity index (χ1n) is 8.25. The molecule has 1 amide bonds. The van der Waals surface area contributed by atoms with Gasteiger partial charge in [-0.2, -0.15) is 0 Å². The van der Waals surface area contributed by atoms with Crippen molar-refractivity contribution in [2.75, 3.05) is 13.2 Å². The fraction of sp³-hybridized carbons (Fsp3) is 0.474. The van der Waals surface area contributed by atoms with Gasteiger partial charge in [0.05, 0.1) is 13.2 Å². The van der Waals surface area contributed by atoms with Crippen molar-refractivity contribution in [2.24, 2.45) is 0 Å². The van der Waals surface area contributed by atoms with E-state index < -0.39 is 24.0 Å². The third kappa shape index (κ3) is 6.58. The van der Waals surface area contributed by atoms with Gasteiger partial charge in [0.1, 0.15) is 5.75 Å². The molecule has 0 radical (unpaired) electrons. The summed E-state index contributed by atoms with van der Waals surface area (Å²) in [6.07, 6.45) is 0.680. The molecule has 2 unspecified atom stereocenters. The molecule has 2 atom stereocenters. The van der Waals surface area contributed by atoms with Crippen molar-refractivity contribution in [2.45, 2.75) is 45.8 Å². The van der Waals surface area contributed by atoms with Crippen LogP contribution < -0.4 is 10.1 Å². The van der Waals surface area contributed by atoms with E-state index in [-0.39, 0.29) is 13.2 Å². The molecule has 25 heavy (non-hydrogen) atoms. The van der Waals surface area contributed by atoms with Gasteiger partial charge in [-0.3, -0.25) is 4.79 Å². The van der Waals surface area contributed by atoms with Crippen molar-refractivity contribution < 1.29 is 24.2 Å². The average Bonchev–Trinajstić information content (AvgIpc) is 2.55. The number of hydrogen-bond acceptors (Lipinski definition) is 4. The zero-order valence-corrected chi connectivity index (χ0v) is 15.2. The smallest absolute Gasteiger partial charge is 0.328 e. The summed E-state index contributed by atoms with van der Waals surface area (Å²) >= 11 is 0. The maximum absolute atomic E-state index is 12.2. The Labute approximate surface area is 148 Å². The van der Waals surface area contributed by atoms with Crippen LogP contribution in [0, 0.1) is 6.92 Å². The summed E-state index contributed by atoms with van der Waals surface area (Å²) in [4.78, 5) is 23.5. The van der Waals surface area contributed by atoms with Gasteiger partial charge in [0.25, 0.3) is 5.91 Å². The van der Waals surface area contributed by atoms with Crippen LogP contribution in [0.15, 0.2) is 30.9 Å². The molecule has 0 bridgehead atoms. The Morgan fingerprint density at radius 2 is 2.00 bits per heavy atom. The molecule has 0 aromatic heterocycles. The molecule has 0 aliphatic heterocycles. The maximum Gasteiger partial charge on any atom is 0.328 e. The molecule has 0 heterocycles. The van der Waals surface area contributed by atoms with E-state index in [9.17, 15) is 14.7 Å². The molecule has 0 aliphatic rings. The summed E-state index contributed by atoms with van der Waals surface area (Å²) in [7, 11) is 0. The molecule has 0 aliphatic carbocycles. The molecule has 1 aromatic carbocycles. The van der Waals surface area contributed by atoms with Crippen LogP contribution in [0.3, 0.4) is 0 Å². The van der Waals surface area contributed by atoms with Gasteiger partial charge in [0.15, 0.2) is 12.1 Å². The van der Waals surface area contributed by atoms with Gasteiger partial charge < -0.3 is 19.9 Å². The summed E-state index contributed by atoms with van der Waals surface area (Å²) < 4.78 is 10.9. The Hall–Kier alpha value is -2.34. The van der Waals surface area contributed by atoms with Crippen LogP contribution in [0.5, 0.6) is 5.75 Å². The van der Waals surface area contributed by atoms with Crippen LogP contribution in [0.25, 0.3) is 0 Å². The van der Waals surface area contributed by atoms with Gasteiger partial charge in [0, 0.05) is 0 Å². The van der Waals surface area contributed by atoms with E-state index in [0.29, 0.717) is 11.7 Å². The predicted molar refractivity (Wildman–Crippen MR) is 95.9 cm³/mol. The number of aliphatic carboxylic acids is 1. The maximum atomic E-state index is 12.2. The first-order chi connectivity index (χ1) is 11.8. The minimum atomic E-state index is -1.16. The van der Waals surface area contributed by atoms with Gasteiger partial charge in [0.2, 0.25) is 0 Å². The highest BCUT2D eigenvalue weighted by molar-refractivity contribution is 5.86. The highest BCUT2D eigenvalue weighted by Crippen LogP contribution is 2.25. The molecule has 0 saturated heterocycles. The highest BCUT2D eigenvalue weighted by atomic mass is 16.5. The topological polar surface area (TPSA) is 84.9 Å². The summed E-state index contributed by atoms with van der Waals surface area (Å²) in [6, 6.07) is 4.74. The number of aryl methyl sites for hydroxylation is 1. The van der Waals surface area contributed by atoms with Crippen molar-refractivity contribution in [3.63, 3.8) is 0 Å². The fourth-order valence-corrected chi connectivity index (χ4v) is 2.08. The van der Waals surface area contributed by atoms with E-state index in [0.717, 1.165) is 11.1 Å². The van der Waals surface area contributed by atoms with Crippen LogP contribution >= 0.6 is 0 Å². The number of carbonyl (C=O) groups excluding carboxylic acids is 1. The molecule has 6 nitrogen and oxygen atoms in total. The second kappa shape index (κ2) is 9.84. The molecule has 1 aromatic rings. The predicted octanol–water partition coefficient (Wildman–Crippen LogP) is 2.66. The third-order valence-electron chi connectivity index (χ3n) is 3.69. The molecule has 138 valence electrons. The van der Waals surface area contributed by atoms with Crippen LogP contribution in [0.2, 0.25) is 0 Å². The highest BCUT2D eigenvalue weighted by Gasteiger charge is 2.24. The molecular weight excluding hydrogens is 322 g/mol. The van der Waals surface area contributed by atoms with Crippen molar-refractivity contribution in [1.82, 2.24) is 5.32 Å². The molecule has 0 fully saturated rings. The minimum absolute atomic E-state index is 0.137. The Bertz CT molecular complexity index is 612. The van der Waals surface area contributed by atoms with Crippen LogP contribution in [0.1, 0.15) is 37.8 Å². The van der Waals surface area contributed by atoms with Gasteiger partial charge in [-0.15, -0.1) is 6.58 Å². The van der Waals surface area contributed by atoms with Crippen molar-refractivity contribution in [3.8, 4) is 5.75 Å². The van der Waals surface area contributed by atoms with E-state index in [4.69, 9.17) is 9.47 Å². The number of hydrogen-bond donors (Lipinski definition) is 2. The Morgan fingerprint density at radius 1 is 1.32 bits per heavy atom. The number of amides is 1. The van der Waals surface area contributed by atoms with Crippen LogP contribution in [-0.4, -0.2) is 42.3 Å². The third-order valence-corrected chi connectivity index (χ3v) is 3.69. The van der Waals surface area contributed by atoms with Gasteiger partial charge in [-0.05, 0) is 37.0 Å².